The molecule has 0 aliphatic carbocycles. The molecule has 0 aliphatic heterocycles. The number of hydrogen-bond donors (Lipinski definition) is 2. The highest BCUT2D eigenvalue weighted by molar-refractivity contribution is 7.94. The highest BCUT2D eigenvalue weighted by Gasteiger charge is 2.27. The Morgan fingerprint density at radius 3 is 2.84 bits per heavy atom. The van der Waals surface area contributed by atoms with Gasteiger partial charge in [0.2, 0.25) is 10.0 Å². The van der Waals surface area contributed by atoms with E-state index in [2.05, 4.69) is 4.72 Å². The Labute approximate surface area is 110 Å². The molecule has 0 spiro atoms. The van der Waals surface area contributed by atoms with Crippen molar-refractivity contribution in [3.8, 4) is 11.8 Å². The third-order valence-corrected chi connectivity index (χ3v) is 3.86. The first-order valence-corrected chi connectivity index (χ1v) is 6.75. The van der Waals surface area contributed by atoms with E-state index in [0.29, 0.717) is 5.75 Å². The predicted molar refractivity (Wildman–Crippen MR) is 67.2 cm³/mol. The Morgan fingerprint density at radius 1 is 1.58 bits per heavy atom. The standard InChI is InChI=1S/C11H12N2O5S/c1-8(11(14)15)19(16,17)13-9-3-2-4-10(7-9)18-6-5-12/h2-4,7-8,13H,6H2,1H3,(H,14,15). The van der Waals surface area contributed by atoms with Crippen LogP contribution in [0.1, 0.15) is 6.92 Å². The molecule has 0 aromatic heterocycles. The van der Waals surface area contributed by atoms with E-state index in [9.17, 15) is 13.2 Å². The molecular formula is C11H12N2O5S. The maximum Gasteiger partial charge on any atom is 0.323 e. The summed E-state index contributed by atoms with van der Waals surface area (Å²) in [5.41, 5.74) is 0.170. The molecule has 1 aromatic rings. The monoisotopic (exact) mass is 284 g/mol. The lowest BCUT2D eigenvalue weighted by molar-refractivity contribution is -0.136. The SMILES string of the molecule is CC(C(=O)O)S(=O)(=O)Nc1cccc(OCC#N)c1. The minimum absolute atomic E-state index is 0.165. The second-order valence-electron chi connectivity index (χ2n) is 3.60. The fraction of sp³-hybridized carbons (Fsp3) is 0.273. The number of nitrogens with zero attached hydrogens (tertiary/aromatic N) is 1. The van der Waals surface area contributed by atoms with Gasteiger partial charge in [0.1, 0.15) is 11.8 Å². The van der Waals surface area contributed by atoms with Crippen LogP contribution in [0.4, 0.5) is 5.69 Å². The largest absolute Gasteiger partial charge is 0.480 e. The number of benzene rings is 1. The Hall–Kier alpha value is -2.27. The number of sulfonamides is 1. The van der Waals surface area contributed by atoms with Crippen LogP contribution in [0.15, 0.2) is 24.3 Å². The molecule has 1 unspecified atom stereocenters. The van der Waals surface area contributed by atoms with Crippen molar-refractivity contribution in [3.05, 3.63) is 24.3 Å². The molecule has 1 atom stereocenters. The van der Waals surface area contributed by atoms with Crippen molar-refractivity contribution < 1.29 is 23.1 Å². The van der Waals surface area contributed by atoms with Gasteiger partial charge in [-0.25, -0.2) is 8.42 Å². The molecule has 1 rings (SSSR count). The number of ether oxygens (including phenoxy) is 1. The number of carboxylic acids is 1. The van der Waals surface area contributed by atoms with Crippen molar-refractivity contribution in [2.75, 3.05) is 11.3 Å². The van der Waals surface area contributed by atoms with E-state index in [0.717, 1.165) is 6.92 Å². The average molecular weight is 284 g/mol. The van der Waals surface area contributed by atoms with Crippen LogP contribution in [0, 0.1) is 11.3 Å². The van der Waals surface area contributed by atoms with Crippen LogP contribution in [0.3, 0.4) is 0 Å². The summed E-state index contributed by atoms with van der Waals surface area (Å²) in [4.78, 5) is 10.7. The maximum absolute atomic E-state index is 11.7. The lowest BCUT2D eigenvalue weighted by Gasteiger charge is -2.12. The van der Waals surface area contributed by atoms with Gasteiger partial charge in [-0.1, -0.05) is 6.07 Å². The Bertz CT molecular complexity index is 606. The summed E-state index contributed by atoms with van der Waals surface area (Å²) >= 11 is 0. The summed E-state index contributed by atoms with van der Waals surface area (Å²) in [7, 11) is -4.02. The topological polar surface area (TPSA) is 116 Å². The fourth-order valence-corrected chi connectivity index (χ4v) is 2.05. The molecule has 8 heteroatoms. The molecule has 1 aromatic carbocycles. The zero-order valence-electron chi connectivity index (χ0n) is 10.0. The first kappa shape index (κ1) is 14.8. The number of carboxylic acid groups (broad SMARTS) is 1. The molecule has 102 valence electrons. The number of carbonyl (C=O) groups is 1. The second kappa shape index (κ2) is 6.06. The number of hydrogen-bond acceptors (Lipinski definition) is 5. The second-order valence-corrected chi connectivity index (χ2v) is 5.60. The number of rotatable bonds is 6. The molecule has 2 N–H and O–H groups in total. The number of aliphatic carboxylic acids is 1. The third kappa shape index (κ3) is 4.15. The van der Waals surface area contributed by atoms with Gasteiger partial charge in [0.05, 0.1) is 5.69 Å². The van der Waals surface area contributed by atoms with Gasteiger partial charge in [-0.15, -0.1) is 0 Å². The van der Waals surface area contributed by atoms with Crippen molar-refractivity contribution >= 4 is 21.7 Å². The molecule has 7 nitrogen and oxygen atoms in total. The summed E-state index contributed by atoms with van der Waals surface area (Å²) in [5, 5.41) is 15.5. The lowest BCUT2D eigenvalue weighted by atomic mass is 10.3. The molecule has 0 saturated carbocycles. The fourth-order valence-electron chi connectivity index (χ4n) is 1.15. The smallest absolute Gasteiger partial charge is 0.323 e. The van der Waals surface area contributed by atoms with Crippen LogP contribution in [0.2, 0.25) is 0 Å². The van der Waals surface area contributed by atoms with Crippen molar-refractivity contribution in [1.29, 1.82) is 5.26 Å². The van der Waals surface area contributed by atoms with Crippen LogP contribution < -0.4 is 9.46 Å². The van der Waals surface area contributed by atoms with Gasteiger partial charge in [0.25, 0.3) is 0 Å². The number of nitrogens with one attached hydrogen (secondary N) is 1. The summed E-state index contributed by atoms with van der Waals surface area (Å²) < 4.78 is 30.5. The van der Waals surface area contributed by atoms with Gasteiger partial charge in [-0.3, -0.25) is 9.52 Å². The molecule has 0 radical (unpaired) electrons. The molecule has 19 heavy (non-hydrogen) atoms. The molecule has 0 heterocycles. The van der Waals surface area contributed by atoms with Gasteiger partial charge < -0.3 is 9.84 Å². The normalized spacial score (nSPS) is 12.2. The van der Waals surface area contributed by atoms with Crippen LogP contribution >= 0.6 is 0 Å². The van der Waals surface area contributed by atoms with E-state index in [-0.39, 0.29) is 12.3 Å². The minimum Gasteiger partial charge on any atom is -0.480 e. The Morgan fingerprint density at radius 2 is 2.26 bits per heavy atom. The number of anilines is 1. The molecule has 0 aliphatic rings. The van der Waals surface area contributed by atoms with Gasteiger partial charge in [-0.05, 0) is 19.1 Å². The lowest BCUT2D eigenvalue weighted by Crippen LogP contribution is -2.32. The Balaban J connectivity index is 2.88. The van der Waals surface area contributed by atoms with E-state index in [1.807, 2.05) is 0 Å². The van der Waals surface area contributed by atoms with E-state index in [4.69, 9.17) is 15.1 Å². The van der Waals surface area contributed by atoms with Crippen LogP contribution in [-0.4, -0.2) is 31.4 Å². The summed E-state index contributed by atoms with van der Waals surface area (Å²) in [6.07, 6.45) is 0. The minimum atomic E-state index is -4.02. The van der Waals surface area contributed by atoms with Crippen molar-refractivity contribution in [2.45, 2.75) is 12.2 Å². The zero-order valence-corrected chi connectivity index (χ0v) is 10.8. The van der Waals surface area contributed by atoms with Crippen LogP contribution in [0.25, 0.3) is 0 Å². The highest BCUT2D eigenvalue weighted by atomic mass is 32.2. The summed E-state index contributed by atoms with van der Waals surface area (Å²) in [5.74, 6) is -1.13. The summed E-state index contributed by atoms with van der Waals surface area (Å²) in [6, 6.07) is 7.67. The van der Waals surface area contributed by atoms with Gasteiger partial charge in [-0.2, -0.15) is 5.26 Å². The van der Waals surface area contributed by atoms with Crippen molar-refractivity contribution in [2.24, 2.45) is 0 Å². The molecular weight excluding hydrogens is 272 g/mol. The van der Waals surface area contributed by atoms with E-state index in [1.165, 1.54) is 18.2 Å². The van der Waals surface area contributed by atoms with E-state index in [1.54, 1.807) is 12.1 Å². The Kier molecular flexibility index (Phi) is 4.72. The average Bonchev–Trinajstić information content (AvgIpc) is 2.35. The quantitative estimate of drug-likeness (QED) is 0.798. The molecule has 0 bridgehead atoms. The summed E-state index contributed by atoms with van der Waals surface area (Å²) in [6.45, 7) is 0.905. The van der Waals surface area contributed by atoms with Gasteiger partial charge >= 0.3 is 5.97 Å². The van der Waals surface area contributed by atoms with Gasteiger partial charge in [0.15, 0.2) is 11.9 Å². The third-order valence-electron chi connectivity index (χ3n) is 2.21. The van der Waals surface area contributed by atoms with Gasteiger partial charge in [0, 0.05) is 6.07 Å². The predicted octanol–water partition coefficient (Wildman–Crippen LogP) is 0.804. The van der Waals surface area contributed by atoms with E-state index < -0.39 is 21.2 Å². The van der Waals surface area contributed by atoms with E-state index >= 15 is 0 Å². The first-order chi connectivity index (χ1) is 8.86. The molecule has 0 fully saturated rings. The maximum atomic E-state index is 11.7. The zero-order chi connectivity index (χ0) is 14.5. The first-order valence-electron chi connectivity index (χ1n) is 5.21. The van der Waals surface area contributed by atoms with Crippen molar-refractivity contribution in [3.63, 3.8) is 0 Å². The van der Waals surface area contributed by atoms with Crippen LogP contribution in [-0.2, 0) is 14.8 Å². The molecule has 0 saturated heterocycles. The highest BCUT2D eigenvalue weighted by Crippen LogP contribution is 2.19. The molecule has 0 amide bonds. The van der Waals surface area contributed by atoms with Crippen LogP contribution in [0.5, 0.6) is 5.75 Å². The number of nitriles is 1. The van der Waals surface area contributed by atoms with Crippen molar-refractivity contribution in [1.82, 2.24) is 0 Å².